The van der Waals surface area contributed by atoms with Crippen molar-refractivity contribution in [2.24, 2.45) is 0 Å². The third-order valence-electron chi connectivity index (χ3n) is 3.30. The van der Waals surface area contributed by atoms with E-state index in [1.54, 1.807) is 14.2 Å². The summed E-state index contributed by atoms with van der Waals surface area (Å²) in [7, 11) is 5.24. The van der Waals surface area contributed by atoms with E-state index in [1.807, 2.05) is 49.6 Å². The first-order chi connectivity index (χ1) is 9.78. The number of methoxy groups -OCH3 is 2. The van der Waals surface area contributed by atoms with Crippen LogP contribution in [0, 0.1) is 0 Å². The molecule has 0 radical (unpaired) electrons. The molecule has 1 aromatic heterocycles. The molecule has 1 N–H and O–H groups in total. The zero-order valence-electron chi connectivity index (χ0n) is 12.1. The van der Waals surface area contributed by atoms with Gasteiger partial charge in [-0.2, -0.15) is 0 Å². The van der Waals surface area contributed by atoms with Crippen LogP contribution in [0.1, 0.15) is 17.3 Å². The monoisotopic (exact) mass is 272 g/mol. The molecule has 2 aromatic rings. The van der Waals surface area contributed by atoms with Crippen LogP contribution >= 0.6 is 0 Å². The second kappa shape index (κ2) is 6.91. The van der Waals surface area contributed by atoms with Crippen LogP contribution in [0.15, 0.2) is 42.6 Å². The van der Waals surface area contributed by atoms with Crippen LogP contribution in [0.5, 0.6) is 11.5 Å². The van der Waals surface area contributed by atoms with Crippen molar-refractivity contribution in [3.63, 3.8) is 0 Å². The van der Waals surface area contributed by atoms with Gasteiger partial charge in [0.2, 0.25) is 0 Å². The average molecular weight is 272 g/mol. The molecule has 1 heterocycles. The molecule has 4 heteroatoms. The number of nitrogens with zero attached hydrogens (tertiary/aromatic N) is 1. The van der Waals surface area contributed by atoms with Gasteiger partial charge >= 0.3 is 0 Å². The van der Waals surface area contributed by atoms with E-state index < -0.39 is 0 Å². The van der Waals surface area contributed by atoms with Gasteiger partial charge in [-0.05, 0) is 36.9 Å². The van der Waals surface area contributed by atoms with Crippen LogP contribution < -0.4 is 14.8 Å². The molecule has 4 nitrogen and oxygen atoms in total. The van der Waals surface area contributed by atoms with Crippen LogP contribution in [-0.2, 0) is 6.42 Å². The number of ether oxygens (including phenoxy) is 2. The van der Waals surface area contributed by atoms with Gasteiger partial charge in [0.05, 0.1) is 14.2 Å². The van der Waals surface area contributed by atoms with E-state index in [0.717, 1.165) is 29.2 Å². The van der Waals surface area contributed by atoms with Gasteiger partial charge in [-0.3, -0.25) is 4.98 Å². The van der Waals surface area contributed by atoms with Crippen molar-refractivity contribution in [2.75, 3.05) is 21.3 Å². The highest BCUT2D eigenvalue weighted by molar-refractivity contribution is 5.44. The van der Waals surface area contributed by atoms with Gasteiger partial charge in [-0.15, -0.1) is 0 Å². The number of nitrogens with one attached hydrogen (secondary N) is 1. The Bertz CT molecular complexity index is 543. The molecule has 106 valence electrons. The largest absolute Gasteiger partial charge is 0.493 e. The zero-order valence-corrected chi connectivity index (χ0v) is 12.1. The summed E-state index contributed by atoms with van der Waals surface area (Å²) in [5, 5.41) is 3.32. The molecule has 0 fully saturated rings. The van der Waals surface area contributed by atoms with Gasteiger partial charge in [0, 0.05) is 24.4 Å². The third kappa shape index (κ3) is 3.27. The lowest BCUT2D eigenvalue weighted by Gasteiger charge is -2.18. The summed E-state index contributed by atoms with van der Waals surface area (Å²) in [5.74, 6) is 1.48. The molecule has 0 aliphatic heterocycles. The number of hydrogen-bond acceptors (Lipinski definition) is 4. The molecule has 0 saturated carbocycles. The molecule has 0 bridgehead atoms. The highest BCUT2D eigenvalue weighted by Gasteiger charge is 2.13. The number of hydrogen-bond donors (Lipinski definition) is 1. The lowest BCUT2D eigenvalue weighted by molar-refractivity contribution is 0.354. The Kier molecular flexibility index (Phi) is 4.96. The topological polar surface area (TPSA) is 43.4 Å². The Morgan fingerprint density at radius 2 is 1.90 bits per heavy atom. The van der Waals surface area contributed by atoms with E-state index >= 15 is 0 Å². The molecule has 0 saturated heterocycles. The summed E-state index contributed by atoms with van der Waals surface area (Å²) in [4.78, 5) is 4.37. The molecular formula is C16H20N2O2. The van der Waals surface area contributed by atoms with Crippen molar-refractivity contribution >= 4 is 0 Å². The third-order valence-corrected chi connectivity index (χ3v) is 3.30. The molecule has 0 aliphatic rings. The van der Waals surface area contributed by atoms with E-state index in [1.165, 1.54) is 0 Å². The Labute approximate surface area is 119 Å². The van der Waals surface area contributed by atoms with Crippen LogP contribution in [0.3, 0.4) is 0 Å². The Hall–Kier alpha value is -2.07. The Morgan fingerprint density at radius 3 is 2.50 bits per heavy atom. The van der Waals surface area contributed by atoms with E-state index in [9.17, 15) is 0 Å². The van der Waals surface area contributed by atoms with E-state index in [0.29, 0.717) is 0 Å². The molecule has 1 aromatic carbocycles. The fourth-order valence-corrected chi connectivity index (χ4v) is 2.18. The molecule has 1 atom stereocenters. The first-order valence-electron chi connectivity index (χ1n) is 6.57. The van der Waals surface area contributed by atoms with E-state index in [2.05, 4.69) is 10.3 Å². The number of benzene rings is 1. The minimum Gasteiger partial charge on any atom is -0.493 e. The van der Waals surface area contributed by atoms with Gasteiger partial charge < -0.3 is 14.8 Å². The summed E-state index contributed by atoms with van der Waals surface area (Å²) >= 11 is 0. The van der Waals surface area contributed by atoms with Crippen molar-refractivity contribution in [3.8, 4) is 11.5 Å². The van der Waals surface area contributed by atoms with Crippen LogP contribution in [0.25, 0.3) is 0 Å². The second-order valence-corrected chi connectivity index (χ2v) is 4.48. The van der Waals surface area contributed by atoms with Crippen LogP contribution in [-0.4, -0.2) is 26.3 Å². The van der Waals surface area contributed by atoms with Gasteiger partial charge in [0.15, 0.2) is 11.5 Å². The Morgan fingerprint density at radius 1 is 1.10 bits per heavy atom. The minimum absolute atomic E-state index is 0.185. The maximum Gasteiger partial charge on any atom is 0.161 e. The molecule has 0 amide bonds. The first-order valence-corrected chi connectivity index (χ1v) is 6.57. The summed E-state index contributed by atoms with van der Waals surface area (Å²) < 4.78 is 10.6. The smallest absolute Gasteiger partial charge is 0.161 e. The summed E-state index contributed by atoms with van der Waals surface area (Å²) in [6.45, 7) is 0. The second-order valence-electron chi connectivity index (χ2n) is 4.48. The summed E-state index contributed by atoms with van der Waals surface area (Å²) in [5.41, 5.74) is 2.21. The average Bonchev–Trinajstić information content (AvgIpc) is 2.53. The fourth-order valence-electron chi connectivity index (χ4n) is 2.18. The van der Waals surface area contributed by atoms with Gasteiger partial charge in [-0.25, -0.2) is 0 Å². The maximum atomic E-state index is 5.35. The fraction of sp³-hybridized carbons (Fsp3) is 0.312. The summed E-state index contributed by atoms with van der Waals surface area (Å²) in [6.07, 6.45) is 2.64. The van der Waals surface area contributed by atoms with Crippen molar-refractivity contribution in [2.45, 2.75) is 12.5 Å². The molecule has 20 heavy (non-hydrogen) atoms. The van der Waals surface area contributed by atoms with Crippen molar-refractivity contribution in [1.29, 1.82) is 0 Å². The van der Waals surface area contributed by atoms with Crippen molar-refractivity contribution < 1.29 is 9.47 Å². The zero-order chi connectivity index (χ0) is 14.4. The maximum absolute atomic E-state index is 5.35. The molecular weight excluding hydrogens is 252 g/mol. The highest BCUT2D eigenvalue weighted by atomic mass is 16.5. The standard InChI is InChI=1S/C16H20N2O2/c1-17-14(11-13-6-4-5-9-18-13)12-7-8-15(19-2)16(10-12)20-3/h4-10,14,17H,11H2,1-3H3. The van der Waals surface area contributed by atoms with Crippen LogP contribution in [0.4, 0.5) is 0 Å². The first kappa shape index (κ1) is 14.3. The van der Waals surface area contributed by atoms with Gasteiger partial charge in [-0.1, -0.05) is 12.1 Å². The van der Waals surface area contributed by atoms with E-state index in [4.69, 9.17) is 9.47 Å². The normalized spacial score (nSPS) is 11.9. The van der Waals surface area contributed by atoms with E-state index in [-0.39, 0.29) is 6.04 Å². The molecule has 0 aliphatic carbocycles. The van der Waals surface area contributed by atoms with Gasteiger partial charge in [0.25, 0.3) is 0 Å². The predicted molar refractivity (Wildman–Crippen MR) is 79.3 cm³/mol. The molecule has 1 unspecified atom stereocenters. The van der Waals surface area contributed by atoms with Crippen molar-refractivity contribution in [1.82, 2.24) is 10.3 Å². The predicted octanol–water partition coefficient (Wildman–Crippen LogP) is 2.60. The number of aromatic nitrogens is 1. The Balaban J connectivity index is 2.23. The highest BCUT2D eigenvalue weighted by Crippen LogP contribution is 2.30. The number of rotatable bonds is 6. The number of likely N-dealkylation sites (N-methyl/N-ethyl adjacent to an activating group) is 1. The number of pyridine rings is 1. The molecule has 0 spiro atoms. The lowest BCUT2D eigenvalue weighted by atomic mass is 10.0. The molecule has 2 rings (SSSR count). The van der Waals surface area contributed by atoms with Crippen molar-refractivity contribution in [3.05, 3.63) is 53.9 Å². The van der Waals surface area contributed by atoms with Gasteiger partial charge in [0.1, 0.15) is 0 Å². The quantitative estimate of drug-likeness (QED) is 0.878. The summed E-state index contributed by atoms with van der Waals surface area (Å²) in [6, 6.07) is 12.1. The SMILES string of the molecule is CNC(Cc1ccccn1)c1ccc(OC)c(OC)c1. The lowest BCUT2D eigenvalue weighted by Crippen LogP contribution is -2.19. The van der Waals surface area contributed by atoms with Crippen LogP contribution in [0.2, 0.25) is 0 Å². The minimum atomic E-state index is 0.185.